The van der Waals surface area contributed by atoms with Gasteiger partial charge in [0, 0.05) is 6.54 Å². The van der Waals surface area contributed by atoms with Gasteiger partial charge in [0.2, 0.25) is 11.6 Å². The second-order valence-corrected chi connectivity index (χ2v) is 9.72. The number of nitrogen functional groups attached to an aromatic ring is 1. The first-order valence-corrected chi connectivity index (χ1v) is 13.6. The molecule has 0 radical (unpaired) electrons. The number of nitrogens with two attached hydrogens (primary N) is 1. The Bertz CT molecular complexity index is 1490. The van der Waals surface area contributed by atoms with Crippen LogP contribution in [0.4, 0.5) is 5.82 Å². The number of aryl methyl sites for hydroxylation is 1. The number of piperidine rings is 1. The summed E-state index contributed by atoms with van der Waals surface area (Å²) in [6.07, 6.45) is 4.91. The van der Waals surface area contributed by atoms with Crippen molar-refractivity contribution in [3.8, 4) is 17.3 Å². The minimum absolute atomic E-state index is 0.00915. The molecule has 3 N–H and O–H groups in total. The van der Waals surface area contributed by atoms with Gasteiger partial charge >= 0.3 is 0 Å². The van der Waals surface area contributed by atoms with Crippen molar-refractivity contribution in [2.24, 2.45) is 5.10 Å². The maximum atomic E-state index is 13.3. The molecule has 2 aromatic carbocycles. The fraction of sp³-hybridized carbons (Fsp3) is 0.357. The summed E-state index contributed by atoms with van der Waals surface area (Å²) in [5, 5.41) is 19.9. The Hall–Kier alpha value is -4.78. The summed E-state index contributed by atoms with van der Waals surface area (Å²) in [4.78, 5) is 15.6. The Balaban J connectivity index is 1.30. The smallest absolute Gasteiger partial charge is 0.292 e. The topological polar surface area (TPSA) is 159 Å². The molecule has 5 rings (SSSR count). The number of ether oxygens (including phenoxy) is 2. The van der Waals surface area contributed by atoms with Crippen LogP contribution in [-0.2, 0) is 13.2 Å². The highest BCUT2D eigenvalue weighted by Crippen LogP contribution is 2.29. The number of carbonyl (C=O) groups is 1. The van der Waals surface area contributed by atoms with Crippen molar-refractivity contribution in [2.75, 3.05) is 25.4 Å². The number of benzene rings is 2. The molecule has 2 aromatic heterocycles. The highest BCUT2D eigenvalue weighted by Gasteiger charge is 2.26. The lowest BCUT2D eigenvalue weighted by Crippen LogP contribution is -2.31. The molecule has 214 valence electrons. The minimum atomic E-state index is -0.524. The Labute approximate surface area is 237 Å². The molecular weight excluding hydrogens is 526 g/mol. The van der Waals surface area contributed by atoms with Crippen LogP contribution in [0.1, 0.15) is 59.1 Å². The van der Waals surface area contributed by atoms with Crippen LogP contribution in [0.2, 0.25) is 0 Å². The minimum Gasteiger partial charge on any atom is -0.490 e. The molecule has 0 aliphatic carbocycles. The van der Waals surface area contributed by atoms with E-state index < -0.39 is 5.91 Å². The average molecular weight is 560 g/mol. The summed E-state index contributed by atoms with van der Waals surface area (Å²) in [6, 6.07) is 13.6. The van der Waals surface area contributed by atoms with Gasteiger partial charge in [0.25, 0.3) is 5.91 Å². The summed E-state index contributed by atoms with van der Waals surface area (Å²) in [6.45, 7) is 7.13. The lowest BCUT2D eigenvalue weighted by molar-refractivity contribution is 0.0944. The van der Waals surface area contributed by atoms with E-state index in [0.29, 0.717) is 42.5 Å². The van der Waals surface area contributed by atoms with Gasteiger partial charge in [0.15, 0.2) is 17.2 Å². The van der Waals surface area contributed by atoms with Gasteiger partial charge in [-0.05, 0) is 79.4 Å². The number of carbonyl (C=O) groups excluding carboxylic acids is 1. The molecule has 3 heterocycles. The SMILES string of the molecule is CCOc1cc(/C=N\NC(=O)c2c(CN3CCCCC3)nnn2-c2nonc2N)ccc1OCc1ccc(C)cc1. The van der Waals surface area contributed by atoms with E-state index in [9.17, 15) is 4.79 Å². The van der Waals surface area contributed by atoms with Gasteiger partial charge < -0.3 is 15.2 Å². The van der Waals surface area contributed by atoms with E-state index in [4.69, 9.17) is 19.8 Å². The van der Waals surface area contributed by atoms with Crippen molar-refractivity contribution in [1.82, 2.24) is 35.6 Å². The number of anilines is 1. The fourth-order valence-corrected chi connectivity index (χ4v) is 4.52. The molecule has 1 aliphatic heterocycles. The normalized spacial score (nSPS) is 13.9. The highest BCUT2D eigenvalue weighted by atomic mass is 16.6. The van der Waals surface area contributed by atoms with Crippen LogP contribution in [-0.4, -0.2) is 62.0 Å². The van der Waals surface area contributed by atoms with E-state index in [-0.39, 0.29) is 17.3 Å². The van der Waals surface area contributed by atoms with Crippen LogP contribution in [0.25, 0.3) is 5.82 Å². The highest BCUT2D eigenvalue weighted by molar-refractivity contribution is 5.95. The second kappa shape index (κ2) is 13.0. The third kappa shape index (κ3) is 6.87. The summed E-state index contributed by atoms with van der Waals surface area (Å²) in [5.41, 5.74) is 12.0. The zero-order valence-electron chi connectivity index (χ0n) is 23.1. The predicted octanol–water partition coefficient (Wildman–Crippen LogP) is 3.27. The van der Waals surface area contributed by atoms with Crippen LogP contribution in [0.5, 0.6) is 11.5 Å². The number of amides is 1. The van der Waals surface area contributed by atoms with Gasteiger partial charge in [0.05, 0.1) is 12.8 Å². The Morgan fingerprint density at radius 1 is 1.10 bits per heavy atom. The van der Waals surface area contributed by atoms with Crippen LogP contribution in [0, 0.1) is 6.92 Å². The summed E-state index contributed by atoms with van der Waals surface area (Å²) >= 11 is 0. The number of aromatic nitrogens is 5. The third-order valence-electron chi connectivity index (χ3n) is 6.64. The van der Waals surface area contributed by atoms with Crippen LogP contribution in [0.3, 0.4) is 0 Å². The molecule has 0 atom stereocenters. The monoisotopic (exact) mass is 559 g/mol. The third-order valence-corrected chi connectivity index (χ3v) is 6.64. The molecule has 13 nitrogen and oxygen atoms in total. The Morgan fingerprint density at radius 2 is 1.90 bits per heavy atom. The largest absolute Gasteiger partial charge is 0.490 e. The van der Waals surface area contributed by atoms with Crippen LogP contribution < -0.4 is 20.6 Å². The van der Waals surface area contributed by atoms with E-state index in [2.05, 4.69) is 36.1 Å². The van der Waals surface area contributed by atoms with E-state index in [1.165, 1.54) is 22.9 Å². The van der Waals surface area contributed by atoms with Crippen LogP contribution >= 0.6 is 0 Å². The Kier molecular flexibility index (Phi) is 8.84. The van der Waals surface area contributed by atoms with Crippen LogP contribution in [0.15, 0.2) is 52.2 Å². The molecule has 0 unspecified atom stereocenters. The average Bonchev–Trinajstić information content (AvgIpc) is 3.59. The Morgan fingerprint density at radius 3 is 2.63 bits per heavy atom. The van der Waals surface area contributed by atoms with E-state index in [0.717, 1.165) is 31.5 Å². The molecule has 1 aliphatic rings. The van der Waals surface area contributed by atoms with Gasteiger partial charge in [-0.1, -0.05) is 41.5 Å². The van der Waals surface area contributed by atoms with Crippen molar-refractivity contribution in [3.05, 3.63) is 70.5 Å². The molecule has 1 amide bonds. The lowest BCUT2D eigenvalue weighted by atomic mass is 10.1. The maximum absolute atomic E-state index is 13.3. The molecular formula is C28H33N9O4. The predicted molar refractivity (Wildman–Crippen MR) is 151 cm³/mol. The molecule has 0 spiro atoms. The second-order valence-electron chi connectivity index (χ2n) is 9.72. The van der Waals surface area contributed by atoms with E-state index in [1.54, 1.807) is 6.07 Å². The number of likely N-dealkylation sites (tertiary alicyclic amines) is 1. The summed E-state index contributed by atoms with van der Waals surface area (Å²) in [7, 11) is 0. The lowest BCUT2D eigenvalue weighted by Gasteiger charge is -2.25. The number of nitrogens with zero attached hydrogens (tertiary/aromatic N) is 7. The fourth-order valence-electron chi connectivity index (χ4n) is 4.52. The quantitative estimate of drug-likeness (QED) is 0.206. The standard InChI is InChI=1S/C28H33N9O4/c1-3-39-24-15-21(11-12-23(24)40-18-20-9-7-19(2)8-10-20)16-30-32-28(38)25-22(17-36-13-5-4-6-14-36)31-35-37(25)27-26(29)33-41-34-27/h7-12,15-16H,3-6,13-14,17-18H2,1-2H3,(H2,29,33)(H,32,38)/b30-16-. The zero-order chi connectivity index (χ0) is 28.6. The number of rotatable bonds is 11. The van der Waals surface area contributed by atoms with E-state index >= 15 is 0 Å². The van der Waals surface area contributed by atoms with Crippen molar-refractivity contribution < 1.29 is 18.9 Å². The van der Waals surface area contributed by atoms with Crippen molar-refractivity contribution in [3.63, 3.8) is 0 Å². The van der Waals surface area contributed by atoms with Gasteiger partial charge in [-0.2, -0.15) is 9.78 Å². The van der Waals surface area contributed by atoms with Crippen molar-refractivity contribution in [1.29, 1.82) is 0 Å². The molecule has 0 bridgehead atoms. The van der Waals surface area contributed by atoms with Gasteiger partial charge in [-0.15, -0.1) is 5.10 Å². The van der Waals surface area contributed by atoms with Gasteiger partial charge in [0.1, 0.15) is 12.3 Å². The molecule has 41 heavy (non-hydrogen) atoms. The van der Waals surface area contributed by atoms with Crippen molar-refractivity contribution in [2.45, 2.75) is 46.3 Å². The summed E-state index contributed by atoms with van der Waals surface area (Å²) in [5.74, 6) is 0.743. The summed E-state index contributed by atoms with van der Waals surface area (Å²) < 4.78 is 17.7. The van der Waals surface area contributed by atoms with Crippen molar-refractivity contribution >= 4 is 17.9 Å². The number of hydrogen-bond donors (Lipinski definition) is 2. The molecule has 4 aromatic rings. The first-order valence-electron chi connectivity index (χ1n) is 13.6. The molecule has 1 fully saturated rings. The number of hydrogen-bond acceptors (Lipinski definition) is 11. The number of hydrazone groups is 1. The van der Waals surface area contributed by atoms with Gasteiger partial charge in [-0.25, -0.2) is 10.1 Å². The molecule has 0 saturated carbocycles. The maximum Gasteiger partial charge on any atom is 0.292 e. The zero-order valence-corrected chi connectivity index (χ0v) is 23.1. The van der Waals surface area contributed by atoms with E-state index in [1.807, 2.05) is 50.2 Å². The van der Waals surface area contributed by atoms with Gasteiger partial charge in [-0.3, -0.25) is 9.69 Å². The first kappa shape index (κ1) is 27.8. The molecule has 13 heteroatoms. The first-order chi connectivity index (χ1) is 20.0. The molecule has 1 saturated heterocycles. The number of nitrogens with one attached hydrogen (secondary N) is 1.